The smallest absolute Gasteiger partial charge is 0.261 e. The maximum Gasteiger partial charge on any atom is 0.261 e. The van der Waals surface area contributed by atoms with E-state index in [4.69, 9.17) is 14.0 Å². The summed E-state index contributed by atoms with van der Waals surface area (Å²) in [7, 11) is 1.61. The van der Waals surface area contributed by atoms with Gasteiger partial charge in [0.25, 0.3) is 5.91 Å². The Hall–Kier alpha value is -3.35. The first-order valence-corrected chi connectivity index (χ1v) is 9.07. The molecule has 0 bridgehead atoms. The summed E-state index contributed by atoms with van der Waals surface area (Å²) in [6.07, 6.45) is -0.0487. The zero-order chi connectivity index (χ0) is 19.9. The fourth-order valence-corrected chi connectivity index (χ4v) is 2.56. The predicted octanol–water partition coefficient (Wildman–Crippen LogP) is 3.53. The Kier molecular flexibility index (Phi) is 6.26. The van der Waals surface area contributed by atoms with Gasteiger partial charge in [-0.15, -0.1) is 0 Å². The van der Waals surface area contributed by atoms with Crippen molar-refractivity contribution in [2.24, 2.45) is 0 Å². The van der Waals surface area contributed by atoms with Crippen LogP contribution in [0.4, 0.5) is 0 Å². The summed E-state index contributed by atoms with van der Waals surface area (Å²) in [4.78, 5) is 16.7. The monoisotopic (exact) mass is 381 g/mol. The molecule has 0 saturated carbocycles. The zero-order valence-corrected chi connectivity index (χ0v) is 16.1. The lowest BCUT2D eigenvalue weighted by Gasteiger charge is -2.16. The van der Waals surface area contributed by atoms with Gasteiger partial charge in [-0.3, -0.25) is 4.79 Å². The normalized spacial score (nSPS) is 11.7. The van der Waals surface area contributed by atoms with E-state index in [0.29, 0.717) is 23.9 Å². The highest BCUT2D eigenvalue weighted by Gasteiger charge is 2.19. The molecule has 0 spiro atoms. The van der Waals surface area contributed by atoms with E-state index in [1.165, 1.54) is 0 Å². The fraction of sp³-hybridized carbons (Fsp3) is 0.286. The van der Waals surface area contributed by atoms with Gasteiger partial charge >= 0.3 is 0 Å². The largest absolute Gasteiger partial charge is 0.497 e. The summed E-state index contributed by atoms with van der Waals surface area (Å²) in [6.45, 7) is 4.03. The average molecular weight is 381 g/mol. The molecule has 3 aromatic rings. The van der Waals surface area contributed by atoms with Crippen molar-refractivity contribution in [3.63, 3.8) is 0 Å². The number of aryl methyl sites for hydroxylation is 1. The Balaban J connectivity index is 1.57. The standard InChI is InChI=1S/C21H23N3O4/c1-4-18(27-17-9-5-14(2)6-10-17)21(25)22-13-19-23-20(24-28-19)15-7-11-16(26-3)12-8-15/h5-12,18H,4,13H2,1-3H3,(H,22,25). The van der Waals surface area contributed by atoms with Crippen molar-refractivity contribution in [1.29, 1.82) is 0 Å². The van der Waals surface area contributed by atoms with Crippen molar-refractivity contribution in [3.05, 3.63) is 60.0 Å². The number of nitrogens with zero attached hydrogens (tertiary/aromatic N) is 2. The predicted molar refractivity (Wildman–Crippen MR) is 104 cm³/mol. The number of methoxy groups -OCH3 is 1. The number of carbonyl (C=O) groups is 1. The lowest BCUT2D eigenvalue weighted by molar-refractivity contribution is -0.128. The van der Waals surface area contributed by atoms with E-state index in [1.807, 2.05) is 62.4 Å². The van der Waals surface area contributed by atoms with Crippen LogP contribution < -0.4 is 14.8 Å². The molecule has 0 fully saturated rings. The van der Waals surface area contributed by atoms with Crippen molar-refractivity contribution in [3.8, 4) is 22.9 Å². The number of hydrogen-bond donors (Lipinski definition) is 1. The molecular formula is C21H23N3O4. The van der Waals surface area contributed by atoms with Crippen molar-refractivity contribution >= 4 is 5.91 Å². The molecule has 1 unspecified atom stereocenters. The maximum absolute atomic E-state index is 12.4. The van der Waals surface area contributed by atoms with Crippen LogP contribution in [-0.2, 0) is 11.3 Å². The summed E-state index contributed by atoms with van der Waals surface area (Å²) in [5.41, 5.74) is 1.94. The molecule has 1 atom stereocenters. The van der Waals surface area contributed by atoms with Crippen LogP contribution in [0.25, 0.3) is 11.4 Å². The van der Waals surface area contributed by atoms with Crippen LogP contribution in [0.2, 0.25) is 0 Å². The van der Waals surface area contributed by atoms with E-state index in [2.05, 4.69) is 15.5 Å². The Labute approximate surface area is 163 Å². The van der Waals surface area contributed by atoms with Crippen LogP contribution in [0.5, 0.6) is 11.5 Å². The number of carbonyl (C=O) groups excluding carboxylic acids is 1. The van der Waals surface area contributed by atoms with Gasteiger partial charge in [0.1, 0.15) is 11.5 Å². The number of nitrogens with one attached hydrogen (secondary N) is 1. The molecule has 0 aliphatic rings. The third-order valence-corrected chi connectivity index (χ3v) is 4.19. The van der Waals surface area contributed by atoms with Crippen molar-refractivity contribution in [2.75, 3.05) is 7.11 Å². The van der Waals surface area contributed by atoms with Gasteiger partial charge in [0.15, 0.2) is 6.10 Å². The van der Waals surface area contributed by atoms with E-state index < -0.39 is 6.10 Å². The second-order valence-electron chi connectivity index (χ2n) is 6.29. The quantitative estimate of drug-likeness (QED) is 0.642. The number of amides is 1. The Bertz CT molecular complexity index is 904. The summed E-state index contributed by atoms with van der Waals surface area (Å²) in [5, 5.41) is 6.74. The van der Waals surface area contributed by atoms with Gasteiger partial charge < -0.3 is 19.3 Å². The third kappa shape index (κ3) is 4.88. The van der Waals surface area contributed by atoms with Gasteiger partial charge in [-0.2, -0.15) is 4.98 Å². The molecule has 0 saturated heterocycles. The molecule has 7 heteroatoms. The highest BCUT2D eigenvalue weighted by atomic mass is 16.5. The minimum absolute atomic E-state index is 0.135. The number of benzene rings is 2. The number of hydrogen-bond acceptors (Lipinski definition) is 6. The maximum atomic E-state index is 12.4. The molecule has 1 N–H and O–H groups in total. The van der Waals surface area contributed by atoms with Crippen molar-refractivity contribution in [1.82, 2.24) is 15.5 Å². The van der Waals surface area contributed by atoms with E-state index in [1.54, 1.807) is 7.11 Å². The average Bonchev–Trinajstić information content (AvgIpc) is 3.20. The van der Waals surface area contributed by atoms with Crippen molar-refractivity contribution in [2.45, 2.75) is 32.9 Å². The Morgan fingerprint density at radius 1 is 1.11 bits per heavy atom. The van der Waals surface area contributed by atoms with E-state index in [0.717, 1.165) is 16.9 Å². The molecule has 7 nitrogen and oxygen atoms in total. The zero-order valence-electron chi connectivity index (χ0n) is 16.1. The first-order valence-electron chi connectivity index (χ1n) is 9.07. The molecular weight excluding hydrogens is 358 g/mol. The third-order valence-electron chi connectivity index (χ3n) is 4.19. The molecule has 0 aliphatic carbocycles. The molecule has 146 valence electrons. The van der Waals surface area contributed by atoms with Crippen LogP contribution >= 0.6 is 0 Å². The number of ether oxygens (including phenoxy) is 2. The first-order chi connectivity index (χ1) is 13.6. The van der Waals surface area contributed by atoms with Gasteiger partial charge in [0.2, 0.25) is 11.7 Å². The number of aromatic nitrogens is 2. The summed E-state index contributed by atoms with van der Waals surface area (Å²) in [6, 6.07) is 14.9. The summed E-state index contributed by atoms with van der Waals surface area (Å²) < 4.78 is 16.1. The van der Waals surface area contributed by atoms with Crippen LogP contribution in [0.3, 0.4) is 0 Å². The van der Waals surface area contributed by atoms with Crippen LogP contribution in [0, 0.1) is 6.92 Å². The van der Waals surface area contributed by atoms with E-state index >= 15 is 0 Å². The summed E-state index contributed by atoms with van der Waals surface area (Å²) >= 11 is 0. The first kappa shape index (κ1) is 19.4. The second-order valence-corrected chi connectivity index (χ2v) is 6.29. The minimum Gasteiger partial charge on any atom is -0.497 e. The van der Waals surface area contributed by atoms with Crippen molar-refractivity contribution < 1.29 is 18.8 Å². The van der Waals surface area contributed by atoms with Crippen LogP contribution in [0.1, 0.15) is 24.8 Å². The van der Waals surface area contributed by atoms with Gasteiger partial charge in [-0.1, -0.05) is 29.8 Å². The molecule has 1 aromatic heterocycles. The molecule has 3 rings (SSSR count). The summed E-state index contributed by atoms with van der Waals surface area (Å²) in [5.74, 6) is 1.96. The molecule has 2 aromatic carbocycles. The highest BCUT2D eigenvalue weighted by molar-refractivity contribution is 5.81. The lowest BCUT2D eigenvalue weighted by Crippen LogP contribution is -2.37. The van der Waals surface area contributed by atoms with Crippen LogP contribution in [-0.4, -0.2) is 29.3 Å². The Morgan fingerprint density at radius 2 is 1.79 bits per heavy atom. The molecule has 1 heterocycles. The molecule has 1 amide bonds. The van der Waals surface area contributed by atoms with Crippen LogP contribution in [0.15, 0.2) is 53.1 Å². The SMILES string of the molecule is CCC(Oc1ccc(C)cc1)C(=O)NCc1nc(-c2ccc(OC)cc2)no1. The second kappa shape index (κ2) is 9.03. The molecule has 0 radical (unpaired) electrons. The van der Waals surface area contributed by atoms with Gasteiger partial charge in [0.05, 0.1) is 13.7 Å². The Morgan fingerprint density at radius 3 is 2.43 bits per heavy atom. The molecule has 0 aliphatic heterocycles. The van der Waals surface area contributed by atoms with E-state index in [-0.39, 0.29) is 12.5 Å². The number of rotatable bonds is 8. The van der Waals surface area contributed by atoms with Gasteiger partial charge in [-0.05, 0) is 49.7 Å². The topological polar surface area (TPSA) is 86.5 Å². The van der Waals surface area contributed by atoms with Gasteiger partial charge in [-0.25, -0.2) is 0 Å². The minimum atomic E-state index is -0.591. The fourth-order valence-electron chi connectivity index (χ4n) is 2.56. The van der Waals surface area contributed by atoms with E-state index in [9.17, 15) is 4.79 Å². The molecule has 28 heavy (non-hydrogen) atoms. The lowest BCUT2D eigenvalue weighted by atomic mass is 10.2. The highest BCUT2D eigenvalue weighted by Crippen LogP contribution is 2.20. The van der Waals surface area contributed by atoms with Gasteiger partial charge in [0, 0.05) is 5.56 Å².